The summed E-state index contributed by atoms with van der Waals surface area (Å²) in [6.07, 6.45) is 14.1. The molecular formula is C18H31NaO3S. The van der Waals surface area contributed by atoms with Crippen LogP contribution in [0.4, 0.5) is 0 Å². The molecule has 0 aliphatic heterocycles. The molecule has 0 aromatic heterocycles. The summed E-state index contributed by atoms with van der Waals surface area (Å²) in [4.78, 5) is -0.0284. The summed E-state index contributed by atoms with van der Waals surface area (Å²) in [5, 5.41) is 0. The minimum atomic E-state index is -4.06. The van der Waals surface area contributed by atoms with Crippen LogP contribution in [0.15, 0.2) is 29.2 Å². The number of hydrogen-bond acceptors (Lipinski definition) is 2. The Morgan fingerprint density at radius 2 is 1.26 bits per heavy atom. The summed E-state index contributed by atoms with van der Waals surface area (Å²) in [7, 11) is -4.06. The molecule has 1 aromatic rings. The van der Waals surface area contributed by atoms with Crippen LogP contribution in [-0.4, -0.2) is 13.0 Å². The Balaban J connectivity index is 0. The molecule has 0 saturated heterocycles. The van der Waals surface area contributed by atoms with E-state index in [1.54, 1.807) is 12.1 Å². The average Bonchev–Trinajstić information content (AvgIpc) is 2.49. The van der Waals surface area contributed by atoms with Crippen LogP contribution in [0.3, 0.4) is 0 Å². The maximum Gasteiger partial charge on any atom is 1.00 e. The Morgan fingerprint density at radius 1 is 0.826 bits per heavy atom. The zero-order valence-electron chi connectivity index (χ0n) is 15.8. The van der Waals surface area contributed by atoms with Gasteiger partial charge in [-0.15, -0.1) is 0 Å². The first-order valence-corrected chi connectivity index (χ1v) is 10.0. The van der Waals surface area contributed by atoms with E-state index in [1.165, 1.54) is 69.9 Å². The Labute approximate surface area is 165 Å². The zero-order chi connectivity index (χ0) is 16.3. The van der Waals surface area contributed by atoms with E-state index in [9.17, 15) is 8.42 Å². The Kier molecular flexibility index (Phi) is 13.5. The van der Waals surface area contributed by atoms with E-state index in [0.29, 0.717) is 0 Å². The fourth-order valence-corrected chi connectivity index (χ4v) is 3.12. The van der Waals surface area contributed by atoms with Crippen LogP contribution in [0.25, 0.3) is 0 Å². The topological polar surface area (TPSA) is 54.4 Å². The molecule has 0 saturated carbocycles. The minimum absolute atomic E-state index is 0. The molecule has 0 aliphatic rings. The van der Waals surface area contributed by atoms with Crippen molar-refractivity contribution in [3.63, 3.8) is 0 Å². The fourth-order valence-electron chi connectivity index (χ4n) is 2.64. The van der Waals surface area contributed by atoms with E-state index in [-0.39, 0.29) is 35.9 Å². The Morgan fingerprint density at radius 3 is 1.70 bits per heavy atom. The molecule has 1 aromatic carbocycles. The van der Waals surface area contributed by atoms with E-state index in [1.807, 2.05) is 0 Å². The first-order valence-electron chi connectivity index (χ1n) is 8.60. The summed E-state index contributed by atoms with van der Waals surface area (Å²) in [6.45, 7) is 2.25. The molecule has 0 amide bonds. The second-order valence-corrected chi connectivity index (χ2v) is 7.47. The van der Waals surface area contributed by atoms with Gasteiger partial charge < -0.3 is 1.43 Å². The van der Waals surface area contributed by atoms with E-state index in [0.717, 1.165) is 18.4 Å². The van der Waals surface area contributed by atoms with Crippen LogP contribution < -0.4 is 29.6 Å². The van der Waals surface area contributed by atoms with Crippen molar-refractivity contribution in [3.8, 4) is 0 Å². The molecule has 1 rings (SSSR count). The molecule has 128 valence electrons. The largest absolute Gasteiger partial charge is 1.00 e. The van der Waals surface area contributed by atoms with Crippen molar-refractivity contribution in [1.82, 2.24) is 0 Å². The third-order valence-electron chi connectivity index (χ3n) is 4.04. The molecule has 0 fully saturated rings. The number of unbranched alkanes of at least 4 members (excludes halogenated alkanes) is 9. The molecule has 0 atom stereocenters. The summed E-state index contributed by atoms with van der Waals surface area (Å²) in [6, 6.07) is 6.52. The zero-order valence-corrected chi connectivity index (χ0v) is 17.6. The van der Waals surface area contributed by atoms with Crippen molar-refractivity contribution >= 4 is 10.1 Å². The van der Waals surface area contributed by atoms with Crippen LogP contribution in [0.2, 0.25) is 0 Å². The van der Waals surface area contributed by atoms with Gasteiger partial charge in [-0.2, -0.15) is 8.42 Å². The van der Waals surface area contributed by atoms with E-state index in [4.69, 9.17) is 4.55 Å². The van der Waals surface area contributed by atoms with E-state index in [2.05, 4.69) is 6.92 Å². The predicted octanol–water partition coefficient (Wildman–Crippen LogP) is 2.51. The Bertz CT molecular complexity index is 504. The quantitative estimate of drug-likeness (QED) is 0.358. The van der Waals surface area contributed by atoms with E-state index < -0.39 is 10.1 Å². The maximum absolute atomic E-state index is 10.9. The molecule has 0 aliphatic carbocycles. The monoisotopic (exact) mass is 350 g/mol. The van der Waals surface area contributed by atoms with Gasteiger partial charge in [0.2, 0.25) is 0 Å². The number of benzene rings is 1. The van der Waals surface area contributed by atoms with Gasteiger partial charge >= 0.3 is 29.6 Å². The molecule has 0 bridgehead atoms. The third kappa shape index (κ3) is 11.3. The molecule has 0 heterocycles. The van der Waals surface area contributed by atoms with Gasteiger partial charge in [-0.05, 0) is 30.5 Å². The van der Waals surface area contributed by atoms with Crippen LogP contribution in [0.1, 0.15) is 78.1 Å². The van der Waals surface area contributed by atoms with Crippen LogP contribution >= 0.6 is 0 Å². The average molecular weight is 350 g/mol. The van der Waals surface area contributed by atoms with Gasteiger partial charge in [0.05, 0.1) is 4.90 Å². The molecule has 0 spiro atoms. The van der Waals surface area contributed by atoms with Crippen molar-refractivity contribution in [1.29, 1.82) is 0 Å². The second kappa shape index (κ2) is 13.4. The number of rotatable bonds is 12. The second-order valence-electron chi connectivity index (χ2n) is 6.05. The van der Waals surface area contributed by atoms with Gasteiger partial charge in [0.1, 0.15) is 0 Å². The van der Waals surface area contributed by atoms with Crippen molar-refractivity contribution < 1.29 is 44.0 Å². The fraction of sp³-hybridized carbons (Fsp3) is 0.667. The van der Waals surface area contributed by atoms with Gasteiger partial charge in [-0.25, -0.2) is 0 Å². The molecule has 1 N–H and O–H groups in total. The first-order chi connectivity index (χ1) is 10.5. The molecule has 5 heteroatoms. The predicted molar refractivity (Wildman–Crippen MR) is 92.9 cm³/mol. The Hall–Kier alpha value is 0.130. The normalized spacial score (nSPS) is 11.2. The summed E-state index contributed by atoms with van der Waals surface area (Å²) in [5.74, 6) is 0. The van der Waals surface area contributed by atoms with Crippen LogP contribution in [0.5, 0.6) is 0 Å². The van der Waals surface area contributed by atoms with E-state index >= 15 is 0 Å². The minimum Gasteiger partial charge on any atom is -1.00 e. The summed E-state index contributed by atoms with van der Waals surface area (Å²) in [5.41, 5.74) is 1.13. The van der Waals surface area contributed by atoms with Gasteiger partial charge in [-0.3, -0.25) is 4.55 Å². The van der Waals surface area contributed by atoms with Crippen molar-refractivity contribution in [3.05, 3.63) is 29.8 Å². The molecule has 23 heavy (non-hydrogen) atoms. The van der Waals surface area contributed by atoms with Crippen molar-refractivity contribution in [2.75, 3.05) is 0 Å². The smallest absolute Gasteiger partial charge is 1.00 e. The number of hydrogen-bond donors (Lipinski definition) is 1. The molecule has 0 unspecified atom stereocenters. The molecule has 0 radical (unpaired) electrons. The van der Waals surface area contributed by atoms with Crippen LogP contribution in [-0.2, 0) is 16.5 Å². The third-order valence-corrected chi connectivity index (χ3v) is 4.91. The number of aryl methyl sites for hydroxylation is 1. The van der Waals surface area contributed by atoms with Gasteiger partial charge in [0, 0.05) is 0 Å². The first kappa shape index (κ1) is 23.1. The van der Waals surface area contributed by atoms with Gasteiger partial charge in [0.25, 0.3) is 10.1 Å². The van der Waals surface area contributed by atoms with Crippen molar-refractivity contribution in [2.24, 2.45) is 0 Å². The summed E-state index contributed by atoms with van der Waals surface area (Å²) < 4.78 is 30.8. The maximum atomic E-state index is 10.9. The summed E-state index contributed by atoms with van der Waals surface area (Å²) >= 11 is 0. The molecular weight excluding hydrogens is 319 g/mol. The van der Waals surface area contributed by atoms with Gasteiger partial charge in [-0.1, -0.05) is 76.8 Å². The SMILES string of the molecule is CCCCCCCCCCCCc1ccc(S(=O)(=O)O)cc1.[H-].[Na+]. The standard InChI is InChI=1S/C18H30O3S.Na.H/c1-2-3-4-5-6-7-8-9-10-11-12-17-13-15-18(16-14-17)22(19,20)21;;/h13-16H,2-12H2,1H3,(H,19,20,21);;/q;+1;-1. The van der Waals surface area contributed by atoms with Crippen molar-refractivity contribution in [2.45, 2.75) is 82.4 Å². The van der Waals surface area contributed by atoms with Gasteiger partial charge in [0.15, 0.2) is 0 Å². The van der Waals surface area contributed by atoms with Crippen LogP contribution in [0, 0.1) is 0 Å². The molecule has 3 nitrogen and oxygen atoms in total.